The maximum atomic E-state index is 10.7. The van der Waals surface area contributed by atoms with Crippen molar-refractivity contribution in [2.45, 2.75) is 13.0 Å². The summed E-state index contributed by atoms with van der Waals surface area (Å²) in [6, 6.07) is 6.58. The second-order valence-corrected chi connectivity index (χ2v) is 4.38. The Morgan fingerprint density at radius 1 is 1.43 bits per heavy atom. The van der Waals surface area contributed by atoms with E-state index < -0.39 is 10.2 Å². The second kappa shape index (κ2) is 3.95. The number of nitrogens with two attached hydrogens (primary N) is 2. The summed E-state index contributed by atoms with van der Waals surface area (Å²) in [5.74, 6) is 0. The lowest BCUT2D eigenvalue weighted by Gasteiger charge is -2.12. The van der Waals surface area contributed by atoms with E-state index in [0.717, 1.165) is 5.56 Å². The van der Waals surface area contributed by atoms with Crippen molar-refractivity contribution in [3.63, 3.8) is 0 Å². The molecule has 1 rings (SSSR count). The summed E-state index contributed by atoms with van der Waals surface area (Å²) in [6.45, 7) is 1.69. The number of nitrogen functional groups attached to an aromatic ring is 1. The van der Waals surface area contributed by atoms with Crippen molar-refractivity contribution in [1.29, 1.82) is 0 Å². The predicted octanol–water partition coefficient (Wildman–Crippen LogP) is 0.123. The highest BCUT2D eigenvalue weighted by atomic mass is 32.2. The van der Waals surface area contributed by atoms with Crippen LogP contribution >= 0.6 is 0 Å². The van der Waals surface area contributed by atoms with Crippen LogP contribution in [0.5, 0.6) is 0 Å². The van der Waals surface area contributed by atoms with E-state index in [2.05, 4.69) is 4.72 Å². The third-order valence-electron chi connectivity index (χ3n) is 1.75. The zero-order valence-corrected chi connectivity index (χ0v) is 8.58. The zero-order valence-electron chi connectivity index (χ0n) is 7.77. The van der Waals surface area contributed by atoms with Gasteiger partial charge in [0.05, 0.1) is 0 Å². The van der Waals surface area contributed by atoms with Crippen LogP contribution in [0, 0.1) is 0 Å². The smallest absolute Gasteiger partial charge is 0.274 e. The molecule has 0 spiro atoms. The summed E-state index contributed by atoms with van der Waals surface area (Å²) in [5.41, 5.74) is 6.92. The number of anilines is 1. The van der Waals surface area contributed by atoms with E-state index >= 15 is 0 Å². The van der Waals surface area contributed by atoms with Crippen LogP contribution in [0.4, 0.5) is 5.69 Å². The summed E-state index contributed by atoms with van der Waals surface area (Å²) in [4.78, 5) is 0. The molecule has 5 nitrogen and oxygen atoms in total. The first kappa shape index (κ1) is 11.0. The average molecular weight is 215 g/mol. The highest BCUT2D eigenvalue weighted by Crippen LogP contribution is 2.15. The summed E-state index contributed by atoms with van der Waals surface area (Å²) in [5, 5.41) is 4.84. The van der Waals surface area contributed by atoms with Crippen LogP contribution in [0.2, 0.25) is 0 Å². The monoisotopic (exact) mass is 215 g/mol. The van der Waals surface area contributed by atoms with E-state index in [-0.39, 0.29) is 6.04 Å². The van der Waals surface area contributed by atoms with Gasteiger partial charge in [-0.1, -0.05) is 12.1 Å². The molecule has 0 bridgehead atoms. The molecular weight excluding hydrogens is 202 g/mol. The first-order chi connectivity index (χ1) is 6.38. The van der Waals surface area contributed by atoms with E-state index in [4.69, 9.17) is 10.9 Å². The molecule has 0 heterocycles. The number of hydrogen-bond acceptors (Lipinski definition) is 3. The Balaban J connectivity index is 2.85. The Morgan fingerprint density at radius 2 is 2.07 bits per heavy atom. The largest absolute Gasteiger partial charge is 0.399 e. The molecule has 1 aromatic rings. The Morgan fingerprint density at radius 3 is 2.57 bits per heavy atom. The van der Waals surface area contributed by atoms with Gasteiger partial charge in [0.15, 0.2) is 0 Å². The van der Waals surface area contributed by atoms with Gasteiger partial charge in [-0.3, -0.25) is 0 Å². The summed E-state index contributed by atoms with van der Waals surface area (Å²) in [7, 11) is -3.68. The molecule has 78 valence electrons. The van der Waals surface area contributed by atoms with Crippen molar-refractivity contribution in [2.24, 2.45) is 5.14 Å². The molecule has 0 saturated carbocycles. The van der Waals surface area contributed by atoms with Crippen LogP contribution in [-0.2, 0) is 10.2 Å². The van der Waals surface area contributed by atoms with Gasteiger partial charge in [-0.15, -0.1) is 0 Å². The SMILES string of the molecule is CC(NS(N)(=O)=O)c1cccc(N)c1. The first-order valence-corrected chi connectivity index (χ1v) is 5.58. The third kappa shape index (κ3) is 3.33. The lowest BCUT2D eigenvalue weighted by atomic mass is 10.1. The van der Waals surface area contributed by atoms with Gasteiger partial charge in [-0.2, -0.15) is 13.1 Å². The topological polar surface area (TPSA) is 98.2 Å². The molecule has 0 aromatic heterocycles. The van der Waals surface area contributed by atoms with Crippen molar-refractivity contribution < 1.29 is 8.42 Å². The number of benzene rings is 1. The van der Waals surface area contributed by atoms with Crippen LogP contribution in [-0.4, -0.2) is 8.42 Å². The fourth-order valence-corrected chi connectivity index (χ4v) is 1.77. The fraction of sp³-hybridized carbons (Fsp3) is 0.250. The molecule has 0 radical (unpaired) electrons. The van der Waals surface area contributed by atoms with Crippen molar-refractivity contribution in [2.75, 3.05) is 5.73 Å². The van der Waals surface area contributed by atoms with E-state index in [1.807, 2.05) is 0 Å². The molecule has 0 aliphatic heterocycles. The van der Waals surface area contributed by atoms with Gasteiger partial charge in [0.25, 0.3) is 10.2 Å². The van der Waals surface area contributed by atoms with Crippen LogP contribution in [0.25, 0.3) is 0 Å². The fourth-order valence-electron chi connectivity index (χ4n) is 1.14. The minimum Gasteiger partial charge on any atom is -0.399 e. The minimum absolute atomic E-state index is 0.381. The second-order valence-electron chi connectivity index (χ2n) is 3.05. The lowest BCUT2D eigenvalue weighted by Crippen LogP contribution is -2.32. The minimum atomic E-state index is -3.68. The maximum Gasteiger partial charge on any atom is 0.274 e. The molecular formula is C8H13N3O2S. The Hall–Kier alpha value is -1.11. The summed E-state index contributed by atoms with van der Waals surface area (Å²) < 4.78 is 23.7. The predicted molar refractivity (Wildman–Crippen MR) is 55.5 cm³/mol. The van der Waals surface area contributed by atoms with Gasteiger partial charge in [0.1, 0.15) is 0 Å². The number of nitrogens with one attached hydrogen (secondary N) is 1. The van der Waals surface area contributed by atoms with Crippen molar-refractivity contribution in [1.82, 2.24) is 4.72 Å². The van der Waals surface area contributed by atoms with Crippen molar-refractivity contribution in [3.8, 4) is 0 Å². The highest BCUT2D eigenvalue weighted by molar-refractivity contribution is 7.87. The molecule has 1 unspecified atom stereocenters. The highest BCUT2D eigenvalue weighted by Gasteiger charge is 2.10. The molecule has 0 aliphatic rings. The van der Waals surface area contributed by atoms with Gasteiger partial charge in [0.2, 0.25) is 0 Å². The Kier molecular flexibility index (Phi) is 3.10. The van der Waals surface area contributed by atoms with Gasteiger partial charge >= 0.3 is 0 Å². The molecule has 6 heteroatoms. The van der Waals surface area contributed by atoms with Crippen LogP contribution in [0.1, 0.15) is 18.5 Å². The quantitative estimate of drug-likeness (QED) is 0.625. The van der Waals surface area contributed by atoms with Crippen molar-refractivity contribution in [3.05, 3.63) is 29.8 Å². The molecule has 0 aliphatic carbocycles. The van der Waals surface area contributed by atoms with Crippen LogP contribution < -0.4 is 15.6 Å². The maximum absolute atomic E-state index is 10.7. The van der Waals surface area contributed by atoms with Gasteiger partial charge in [0, 0.05) is 11.7 Å². The Labute approximate surface area is 83.3 Å². The first-order valence-electron chi connectivity index (χ1n) is 4.04. The summed E-state index contributed by atoms with van der Waals surface area (Å²) in [6.07, 6.45) is 0. The van der Waals surface area contributed by atoms with E-state index in [9.17, 15) is 8.42 Å². The number of hydrogen-bond donors (Lipinski definition) is 3. The average Bonchev–Trinajstić information content (AvgIpc) is 2.01. The van der Waals surface area contributed by atoms with Crippen molar-refractivity contribution >= 4 is 15.9 Å². The molecule has 0 saturated heterocycles. The van der Waals surface area contributed by atoms with E-state index in [1.165, 1.54) is 0 Å². The number of rotatable bonds is 3. The van der Waals surface area contributed by atoms with Gasteiger partial charge < -0.3 is 5.73 Å². The standard InChI is InChI=1S/C8H13N3O2S/c1-6(11-14(10,12)13)7-3-2-4-8(9)5-7/h2-6,11H,9H2,1H3,(H2,10,12,13). The lowest BCUT2D eigenvalue weighted by molar-refractivity contribution is 0.568. The molecule has 0 amide bonds. The normalized spacial score (nSPS) is 13.9. The molecule has 1 atom stereocenters. The molecule has 5 N–H and O–H groups in total. The van der Waals surface area contributed by atoms with Crippen LogP contribution in [0.15, 0.2) is 24.3 Å². The summed E-state index contributed by atoms with van der Waals surface area (Å²) >= 11 is 0. The van der Waals surface area contributed by atoms with Gasteiger partial charge in [-0.25, -0.2) is 5.14 Å². The van der Waals surface area contributed by atoms with E-state index in [1.54, 1.807) is 31.2 Å². The zero-order chi connectivity index (χ0) is 10.8. The van der Waals surface area contributed by atoms with Gasteiger partial charge in [-0.05, 0) is 24.6 Å². The molecule has 1 aromatic carbocycles. The molecule has 14 heavy (non-hydrogen) atoms. The molecule has 0 fully saturated rings. The van der Waals surface area contributed by atoms with Crippen LogP contribution in [0.3, 0.4) is 0 Å². The third-order valence-corrected chi connectivity index (χ3v) is 2.43. The Bertz CT molecular complexity index is 416. The van der Waals surface area contributed by atoms with E-state index in [0.29, 0.717) is 5.69 Å².